The first-order chi connectivity index (χ1) is 19.6. The molecule has 3 heterocycles. The van der Waals surface area contributed by atoms with Crippen LogP contribution in [0.25, 0.3) is 0 Å². The first-order valence-corrected chi connectivity index (χ1v) is 13.8. The lowest BCUT2D eigenvalue weighted by atomic mass is 9.81. The molecule has 2 aliphatic rings. The summed E-state index contributed by atoms with van der Waals surface area (Å²) in [6, 6.07) is 16.5. The summed E-state index contributed by atoms with van der Waals surface area (Å²) < 4.78 is 26.8. The van der Waals surface area contributed by atoms with E-state index in [1.165, 1.54) is 24.0 Å². The van der Waals surface area contributed by atoms with Crippen LogP contribution in [0.15, 0.2) is 54.9 Å². The Morgan fingerprint density at radius 1 is 1.10 bits per heavy atom. The fourth-order valence-electron chi connectivity index (χ4n) is 5.55. The minimum atomic E-state index is -0.575. The van der Waals surface area contributed by atoms with E-state index in [0.29, 0.717) is 30.4 Å². The Balaban J connectivity index is 1.35. The van der Waals surface area contributed by atoms with E-state index in [0.717, 1.165) is 19.6 Å². The lowest BCUT2D eigenvalue weighted by Crippen LogP contribution is -2.62. The number of halogens is 1. The number of carbonyl (C=O) groups excluding carboxylic acids is 1. The maximum atomic E-state index is 14.5. The van der Waals surface area contributed by atoms with Gasteiger partial charge >= 0.3 is 6.09 Å². The van der Waals surface area contributed by atoms with Crippen molar-refractivity contribution in [2.24, 2.45) is 11.8 Å². The van der Waals surface area contributed by atoms with Crippen LogP contribution in [0, 0.1) is 35.9 Å². The lowest BCUT2D eigenvalue weighted by Gasteiger charge is -2.50. The highest BCUT2D eigenvalue weighted by Crippen LogP contribution is 2.35. The normalized spacial score (nSPS) is 20.7. The molecule has 2 fully saturated rings. The zero-order valence-corrected chi connectivity index (χ0v) is 23.8. The smallest absolute Gasteiger partial charge is 0.410 e. The molecule has 9 nitrogen and oxygen atoms in total. The molecule has 41 heavy (non-hydrogen) atoms. The van der Waals surface area contributed by atoms with Gasteiger partial charge < -0.3 is 19.7 Å². The number of ether oxygens (including phenoxy) is 2. The molecule has 2 saturated heterocycles. The number of nitrogens with one attached hydrogen (secondary N) is 1. The van der Waals surface area contributed by atoms with Gasteiger partial charge in [-0.2, -0.15) is 5.26 Å². The topological polar surface area (TPSA) is 104 Å². The third-order valence-electron chi connectivity index (χ3n) is 7.36. The van der Waals surface area contributed by atoms with Crippen LogP contribution in [-0.4, -0.2) is 63.7 Å². The molecule has 0 spiro atoms. The largest absolute Gasteiger partial charge is 0.473 e. The van der Waals surface area contributed by atoms with Crippen molar-refractivity contribution < 1.29 is 18.7 Å². The van der Waals surface area contributed by atoms with E-state index in [1.54, 1.807) is 11.0 Å². The fraction of sp³-hybridized carbons (Fsp3) is 0.419. The van der Waals surface area contributed by atoms with Crippen LogP contribution in [0.1, 0.15) is 37.5 Å². The van der Waals surface area contributed by atoms with Gasteiger partial charge in [-0.3, -0.25) is 4.90 Å². The minimum absolute atomic E-state index is 0.0282. The molecule has 0 radical (unpaired) electrons. The molecule has 2 aliphatic heterocycles. The van der Waals surface area contributed by atoms with Crippen LogP contribution >= 0.6 is 0 Å². The number of aromatic nitrogens is 2. The van der Waals surface area contributed by atoms with E-state index >= 15 is 0 Å². The van der Waals surface area contributed by atoms with Gasteiger partial charge in [0, 0.05) is 44.6 Å². The molecule has 2 bridgehead atoms. The molecule has 0 saturated carbocycles. The summed E-state index contributed by atoms with van der Waals surface area (Å²) in [5.41, 5.74) is 1.75. The number of carbonyl (C=O) groups is 1. The molecule has 3 aromatic rings. The number of likely N-dealkylation sites (tertiary alicyclic amines) is 2. The zero-order valence-electron chi connectivity index (χ0n) is 23.8. The van der Waals surface area contributed by atoms with E-state index in [4.69, 9.17) is 14.7 Å². The van der Waals surface area contributed by atoms with Gasteiger partial charge in [0.15, 0.2) is 0 Å². The van der Waals surface area contributed by atoms with Crippen molar-refractivity contribution in [2.45, 2.75) is 45.9 Å². The number of hydrogen-bond donors (Lipinski definition) is 1. The van der Waals surface area contributed by atoms with Crippen molar-refractivity contribution in [3.05, 3.63) is 77.4 Å². The second kappa shape index (κ2) is 11.7. The van der Waals surface area contributed by atoms with E-state index in [9.17, 15) is 9.18 Å². The molecule has 0 aliphatic carbocycles. The van der Waals surface area contributed by atoms with E-state index < -0.39 is 11.4 Å². The van der Waals surface area contributed by atoms with Crippen LogP contribution in [0.3, 0.4) is 0 Å². The summed E-state index contributed by atoms with van der Waals surface area (Å²) in [5, 5.41) is 12.0. The Morgan fingerprint density at radius 2 is 1.80 bits per heavy atom. The average Bonchev–Trinajstić information content (AvgIpc) is 2.91. The number of rotatable bonds is 6. The Kier molecular flexibility index (Phi) is 8.08. The van der Waals surface area contributed by atoms with Crippen molar-refractivity contribution in [3.8, 4) is 11.9 Å². The maximum Gasteiger partial charge on any atom is 0.410 e. The number of piperidine rings is 2. The van der Waals surface area contributed by atoms with Gasteiger partial charge in [0.1, 0.15) is 29.7 Å². The predicted molar refractivity (Wildman–Crippen MR) is 152 cm³/mol. The third kappa shape index (κ3) is 6.74. The molecule has 1 aromatic heterocycles. The van der Waals surface area contributed by atoms with Gasteiger partial charge in [-0.05, 0) is 51.5 Å². The maximum absolute atomic E-state index is 14.5. The average molecular weight is 559 g/mol. The van der Waals surface area contributed by atoms with Crippen molar-refractivity contribution in [2.75, 3.05) is 31.5 Å². The summed E-state index contributed by atoms with van der Waals surface area (Å²) in [5.74, 6) is 0.340. The summed E-state index contributed by atoms with van der Waals surface area (Å²) >= 11 is 0. The number of amides is 1. The number of benzene rings is 2. The van der Waals surface area contributed by atoms with Crippen LogP contribution in [0.4, 0.5) is 20.7 Å². The molecule has 2 unspecified atom stereocenters. The standard InChI is InChI=1S/C31H35FN6O3/c1-20-28(36-26-11-10-22(13-33)12-25(26)32)34-19-35-29(20)40-27-23-15-37(14-21-8-6-5-7-9-21)16-24(27)18-38(17-23)30(39)41-31(2,3)4/h5-12,19,23-24,27H,14-18H2,1-4H3,(H,34,35,36). The van der Waals surface area contributed by atoms with Crippen molar-refractivity contribution in [1.82, 2.24) is 19.8 Å². The number of fused-ring (bicyclic) bond motifs is 2. The van der Waals surface area contributed by atoms with Crippen molar-refractivity contribution in [1.29, 1.82) is 5.26 Å². The number of anilines is 2. The van der Waals surface area contributed by atoms with Crippen LogP contribution in [0.2, 0.25) is 0 Å². The lowest BCUT2D eigenvalue weighted by molar-refractivity contribution is -0.0722. The first kappa shape index (κ1) is 28.3. The van der Waals surface area contributed by atoms with Gasteiger partial charge in [-0.25, -0.2) is 19.2 Å². The second-order valence-corrected chi connectivity index (χ2v) is 11.8. The molecular formula is C31H35FN6O3. The van der Waals surface area contributed by atoms with E-state index in [1.807, 2.05) is 52.0 Å². The van der Waals surface area contributed by atoms with Gasteiger partial charge in [0.25, 0.3) is 0 Å². The van der Waals surface area contributed by atoms with Crippen LogP contribution in [0.5, 0.6) is 5.88 Å². The van der Waals surface area contributed by atoms with E-state index in [-0.39, 0.29) is 35.3 Å². The fourth-order valence-corrected chi connectivity index (χ4v) is 5.55. The quantitative estimate of drug-likeness (QED) is 0.436. The molecule has 10 heteroatoms. The predicted octanol–water partition coefficient (Wildman–Crippen LogP) is 5.29. The summed E-state index contributed by atoms with van der Waals surface area (Å²) in [4.78, 5) is 25.9. The monoisotopic (exact) mass is 558 g/mol. The molecule has 2 aromatic carbocycles. The number of nitrogens with zero attached hydrogens (tertiary/aromatic N) is 5. The Morgan fingerprint density at radius 3 is 2.44 bits per heavy atom. The highest BCUT2D eigenvalue weighted by molar-refractivity contribution is 5.68. The molecular weight excluding hydrogens is 523 g/mol. The third-order valence-corrected chi connectivity index (χ3v) is 7.36. The van der Waals surface area contributed by atoms with Gasteiger partial charge in [0.2, 0.25) is 5.88 Å². The molecule has 5 rings (SSSR count). The Bertz CT molecular complexity index is 1420. The van der Waals surface area contributed by atoms with Gasteiger partial charge in [-0.1, -0.05) is 30.3 Å². The second-order valence-electron chi connectivity index (χ2n) is 11.8. The number of hydrogen-bond acceptors (Lipinski definition) is 8. The minimum Gasteiger partial charge on any atom is -0.473 e. The van der Waals surface area contributed by atoms with Crippen molar-refractivity contribution >= 4 is 17.6 Å². The van der Waals surface area contributed by atoms with Gasteiger partial charge in [0.05, 0.1) is 22.9 Å². The van der Waals surface area contributed by atoms with E-state index in [2.05, 4.69) is 32.3 Å². The molecule has 1 N–H and O–H groups in total. The van der Waals surface area contributed by atoms with Crippen molar-refractivity contribution in [3.63, 3.8) is 0 Å². The SMILES string of the molecule is Cc1c(Nc2ccc(C#N)cc2F)ncnc1OC1C2CN(Cc3ccccc3)CC1CN(C(=O)OC(C)(C)C)C2. The van der Waals surface area contributed by atoms with Crippen LogP contribution in [-0.2, 0) is 11.3 Å². The van der Waals surface area contributed by atoms with Gasteiger partial charge in [-0.15, -0.1) is 0 Å². The highest BCUT2D eigenvalue weighted by Gasteiger charge is 2.46. The Hall–Kier alpha value is -4.23. The molecule has 214 valence electrons. The Labute approximate surface area is 239 Å². The number of nitriles is 1. The first-order valence-electron chi connectivity index (χ1n) is 13.8. The molecule has 1 amide bonds. The van der Waals surface area contributed by atoms with Crippen LogP contribution < -0.4 is 10.1 Å². The zero-order chi connectivity index (χ0) is 29.1. The highest BCUT2D eigenvalue weighted by atomic mass is 19.1. The summed E-state index contributed by atoms with van der Waals surface area (Å²) in [6.07, 6.45) is 0.907. The molecule has 2 atom stereocenters. The summed E-state index contributed by atoms with van der Waals surface area (Å²) in [6.45, 7) is 10.8. The summed E-state index contributed by atoms with van der Waals surface area (Å²) in [7, 11) is 0.